The van der Waals surface area contributed by atoms with Crippen molar-refractivity contribution in [2.45, 2.75) is 19.4 Å². The van der Waals surface area contributed by atoms with Gasteiger partial charge >= 0.3 is 6.09 Å². The zero-order valence-electron chi connectivity index (χ0n) is 18.0. The van der Waals surface area contributed by atoms with Crippen molar-refractivity contribution in [2.24, 2.45) is 0 Å². The number of hydrogen-bond acceptors (Lipinski definition) is 5. The number of halogens is 2. The summed E-state index contributed by atoms with van der Waals surface area (Å²) < 4.78 is 4.97. The highest BCUT2D eigenvalue weighted by molar-refractivity contribution is 7.98. The van der Waals surface area contributed by atoms with Gasteiger partial charge in [-0.25, -0.2) is 4.79 Å². The number of benzene rings is 2. The second kappa shape index (κ2) is 12.6. The van der Waals surface area contributed by atoms with Crippen LogP contribution in [0.2, 0.25) is 10.0 Å². The first kappa shape index (κ1) is 25.8. The van der Waals surface area contributed by atoms with Crippen molar-refractivity contribution in [3.05, 3.63) is 58.1 Å². The maximum absolute atomic E-state index is 12.9. The van der Waals surface area contributed by atoms with E-state index < -0.39 is 18.0 Å². The molecule has 0 saturated heterocycles. The molecular weight excluding hydrogens is 473 g/mol. The van der Waals surface area contributed by atoms with Gasteiger partial charge in [0.1, 0.15) is 6.04 Å². The third kappa shape index (κ3) is 7.32. The maximum Gasteiger partial charge on any atom is 0.413 e. The highest BCUT2D eigenvalue weighted by atomic mass is 35.5. The van der Waals surface area contributed by atoms with Crippen LogP contribution in [0.25, 0.3) is 0 Å². The molecule has 0 aliphatic heterocycles. The first-order valence-electron chi connectivity index (χ1n) is 9.83. The molecule has 0 spiro atoms. The van der Waals surface area contributed by atoms with E-state index in [0.717, 1.165) is 0 Å². The summed E-state index contributed by atoms with van der Waals surface area (Å²) in [6.45, 7) is 2.01. The van der Waals surface area contributed by atoms with Crippen LogP contribution >= 0.6 is 35.0 Å². The molecule has 1 atom stereocenters. The number of hydrogen-bond donors (Lipinski definition) is 2. The number of thioether (sulfide) groups is 1. The van der Waals surface area contributed by atoms with Gasteiger partial charge in [0.2, 0.25) is 5.91 Å². The minimum atomic E-state index is -0.761. The van der Waals surface area contributed by atoms with E-state index in [1.54, 1.807) is 56.1 Å². The number of nitrogens with one attached hydrogen (secondary N) is 2. The lowest BCUT2D eigenvalue weighted by molar-refractivity contribution is -0.118. The second-order valence-corrected chi connectivity index (χ2v) is 8.55. The third-order valence-corrected chi connectivity index (χ3v) is 5.66. The Bertz CT molecular complexity index is 957. The molecule has 3 amide bonds. The van der Waals surface area contributed by atoms with Crippen LogP contribution in [-0.2, 0) is 9.53 Å². The van der Waals surface area contributed by atoms with E-state index in [1.165, 1.54) is 17.0 Å². The summed E-state index contributed by atoms with van der Waals surface area (Å²) in [5, 5.41) is 6.17. The lowest BCUT2D eigenvalue weighted by Crippen LogP contribution is -2.44. The van der Waals surface area contributed by atoms with E-state index in [0.29, 0.717) is 28.6 Å². The highest BCUT2D eigenvalue weighted by Gasteiger charge is 2.22. The normalized spacial score (nSPS) is 11.4. The Morgan fingerprint density at radius 3 is 2.41 bits per heavy atom. The molecule has 0 saturated carbocycles. The van der Waals surface area contributed by atoms with Gasteiger partial charge in [-0.1, -0.05) is 23.2 Å². The predicted octanol–water partition coefficient (Wildman–Crippen LogP) is 5.08. The number of nitrogens with zero attached hydrogens (tertiary/aromatic N) is 1. The molecular formula is C22H25Cl2N3O4S. The van der Waals surface area contributed by atoms with Crippen LogP contribution in [0.4, 0.5) is 16.2 Å². The summed E-state index contributed by atoms with van der Waals surface area (Å²) in [5.41, 5.74) is 1.39. The molecule has 0 aromatic heterocycles. The summed E-state index contributed by atoms with van der Waals surface area (Å²) >= 11 is 13.6. The third-order valence-electron chi connectivity index (χ3n) is 4.47. The van der Waals surface area contributed by atoms with Crippen LogP contribution in [0.15, 0.2) is 42.5 Å². The molecule has 0 heterocycles. The van der Waals surface area contributed by atoms with Crippen molar-refractivity contribution < 1.29 is 19.1 Å². The van der Waals surface area contributed by atoms with Gasteiger partial charge in [0.15, 0.2) is 0 Å². The van der Waals surface area contributed by atoms with Gasteiger partial charge in [-0.05, 0) is 67.8 Å². The number of ether oxygens (including phenoxy) is 1. The van der Waals surface area contributed by atoms with Crippen molar-refractivity contribution >= 4 is 64.2 Å². The molecule has 10 heteroatoms. The summed E-state index contributed by atoms with van der Waals surface area (Å²) in [6, 6.07) is 10.5. The SMILES string of the molecule is CCOC(=O)N(C)c1ccc(NC(=O)C(CCSC)NC(=O)c2ccc(Cl)cc2Cl)cc1. The Balaban J connectivity index is 2.08. The molecule has 32 heavy (non-hydrogen) atoms. The second-order valence-electron chi connectivity index (χ2n) is 6.73. The topological polar surface area (TPSA) is 87.7 Å². The smallest absolute Gasteiger partial charge is 0.413 e. The minimum absolute atomic E-state index is 0.209. The zero-order chi connectivity index (χ0) is 23.7. The van der Waals surface area contributed by atoms with Gasteiger partial charge in [0, 0.05) is 23.4 Å². The van der Waals surface area contributed by atoms with Gasteiger partial charge in [-0.15, -0.1) is 0 Å². The molecule has 2 rings (SSSR count). The molecule has 0 bridgehead atoms. The van der Waals surface area contributed by atoms with Gasteiger partial charge in [-0.3, -0.25) is 14.5 Å². The summed E-state index contributed by atoms with van der Waals surface area (Å²) in [5.74, 6) is -0.140. The van der Waals surface area contributed by atoms with Crippen LogP contribution in [0, 0.1) is 0 Å². The van der Waals surface area contributed by atoms with Crippen LogP contribution in [0.3, 0.4) is 0 Å². The minimum Gasteiger partial charge on any atom is -0.449 e. The molecule has 7 nitrogen and oxygen atoms in total. The first-order valence-corrected chi connectivity index (χ1v) is 12.0. The quantitative estimate of drug-likeness (QED) is 0.504. The van der Waals surface area contributed by atoms with Crippen molar-refractivity contribution in [2.75, 3.05) is 35.9 Å². The Morgan fingerprint density at radius 2 is 1.81 bits per heavy atom. The van der Waals surface area contributed by atoms with E-state index in [1.807, 2.05) is 6.26 Å². The highest BCUT2D eigenvalue weighted by Crippen LogP contribution is 2.22. The summed E-state index contributed by atoms with van der Waals surface area (Å²) in [6.07, 6.45) is 1.89. The fourth-order valence-corrected chi connectivity index (χ4v) is 3.70. The van der Waals surface area contributed by atoms with Gasteiger partial charge in [0.05, 0.1) is 17.2 Å². The van der Waals surface area contributed by atoms with E-state index in [9.17, 15) is 14.4 Å². The number of carbonyl (C=O) groups is 3. The largest absolute Gasteiger partial charge is 0.449 e. The molecule has 2 aromatic carbocycles. The standard InChI is InChI=1S/C22H25Cl2N3O4S/c1-4-31-22(30)27(2)16-8-6-15(7-9-16)25-21(29)19(11-12-32-3)26-20(28)17-10-5-14(23)13-18(17)24/h5-10,13,19H,4,11-12H2,1-3H3,(H,25,29)(H,26,28). The van der Waals surface area contributed by atoms with Gasteiger partial charge < -0.3 is 15.4 Å². The summed E-state index contributed by atoms with van der Waals surface area (Å²) in [4.78, 5) is 38.7. The Kier molecular flexibility index (Phi) is 10.2. The van der Waals surface area contributed by atoms with E-state index in [-0.39, 0.29) is 23.1 Å². The maximum atomic E-state index is 12.9. The average molecular weight is 498 g/mol. The van der Waals surface area contributed by atoms with Crippen LogP contribution < -0.4 is 15.5 Å². The summed E-state index contributed by atoms with van der Waals surface area (Å²) in [7, 11) is 1.60. The molecule has 2 N–H and O–H groups in total. The van der Waals surface area contributed by atoms with Crippen molar-refractivity contribution in [3.63, 3.8) is 0 Å². The van der Waals surface area contributed by atoms with Gasteiger partial charge in [0.25, 0.3) is 5.91 Å². The lowest BCUT2D eigenvalue weighted by atomic mass is 10.1. The van der Waals surface area contributed by atoms with Crippen LogP contribution in [-0.4, -0.2) is 49.6 Å². The fourth-order valence-electron chi connectivity index (χ4n) is 2.74. The number of anilines is 2. The monoisotopic (exact) mass is 497 g/mol. The van der Waals surface area contributed by atoms with Crippen molar-refractivity contribution in [3.8, 4) is 0 Å². The molecule has 0 fully saturated rings. The predicted molar refractivity (Wildman–Crippen MR) is 131 cm³/mol. The number of amides is 3. The van der Waals surface area contributed by atoms with E-state index in [4.69, 9.17) is 27.9 Å². The molecule has 0 radical (unpaired) electrons. The van der Waals surface area contributed by atoms with Crippen LogP contribution in [0.5, 0.6) is 0 Å². The van der Waals surface area contributed by atoms with E-state index in [2.05, 4.69) is 10.6 Å². The lowest BCUT2D eigenvalue weighted by Gasteiger charge is -2.20. The van der Waals surface area contributed by atoms with Crippen LogP contribution in [0.1, 0.15) is 23.7 Å². The van der Waals surface area contributed by atoms with Gasteiger partial charge in [-0.2, -0.15) is 11.8 Å². The molecule has 0 aliphatic carbocycles. The van der Waals surface area contributed by atoms with Crippen molar-refractivity contribution in [1.82, 2.24) is 5.32 Å². The Hall–Kier alpha value is -2.42. The first-order chi connectivity index (χ1) is 15.3. The van der Waals surface area contributed by atoms with Crippen molar-refractivity contribution in [1.29, 1.82) is 0 Å². The Labute approximate surface area is 201 Å². The molecule has 2 aromatic rings. The number of carbonyl (C=O) groups excluding carboxylic acids is 3. The fraction of sp³-hybridized carbons (Fsp3) is 0.318. The average Bonchev–Trinajstić information content (AvgIpc) is 2.76. The molecule has 0 aliphatic rings. The number of rotatable bonds is 9. The molecule has 172 valence electrons. The Morgan fingerprint density at radius 1 is 1.12 bits per heavy atom. The zero-order valence-corrected chi connectivity index (χ0v) is 20.3. The molecule has 1 unspecified atom stereocenters. The van der Waals surface area contributed by atoms with E-state index >= 15 is 0 Å².